The van der Waals surface area contributed by atoms with Gasteiger partial charge in [0, 0.05) is 13.6 Å². The van der Waals surface area contributed by atoms with Crippen molar-refractivity contribution in [2.24, 2.45) is 0 Å². The summed E-state index contributed by atoms with van der Waals surface area (Å²) in [6, 6.07) is 10.3. The van der Waals surface area contributed by atoms with Gasteiger partial charge in [-0.05, 0) is 43.2 Å². The lowest BCUT2D eigenvalue weighted by Gasteiger charge is -2.17. The molecule has 140 valence electrons. The first-order chi connectivity index (χ1) is 12.9. The van der Waals surface area contributed by atoms with Gasteiger partial charge in [0.2, 0.25) is 0 Å². The van der Waals surface area contributed by atoms with Crippen LogP contribution in [-0.4, -0.2) is 29.6 Å². The Morgan fingerprint density at radius 3 is 2.56 bits per heavy atom. The van der Waals surface area contributed by atoms with E-state index in [1.807, 2.05) is 0 Å². The highest BCUT2D eigenvalue weighted by Gasteiger charge is 2.27. The van der Waals surface area contributed by atoms with Crippen molar-refractivity contribution in [2.75, 3.05) is 13.6 Å². The highest BCUT2D eigenvalue weighted by Crippen LogP contribution is 2.33. The summed E-state index contributed by atoms with van der Waals surface area (Å²) in [5.41, 5.74) is 1.18. The first-order valence-electron chi connectivity index (χ1n) is 8.29. The predicted octanol–water partition coefficient (Wildman–Crippen LogP) is 4.90. The lowest BCUT2D eigenvalue weighted by molar-refractivity contribution is 0.0795. The van der Waals surface area contributed by atoms with E-state index >= 15 is 0 Å². The van der Waals surface area contributed by atoms with Gasteiger partial charge in [-0.3, -0.25) is 4.79 Å². The highest BCUT2D eigenvalue weighted by molar-refractivity contribution is 6.33. The molecule has 27 heavy (non-hydrogen) atoms. The van der Waals surface area contributed by atoms with Crippen LogP contribution in [0.15, 0.2) is 47.0 Å². The maximum Gasteiger partial charge on any atom is 0.259 e. The third-order valence-electron chi connectivity index (χ3n) is 4.27. The number of benzene rings is 2. The molecule has 2 aromatic carbocycles. The summed E-state index contributed by atoms with van der Waals surface area (Å²) < 4.78 is 32.4. The van der Waals surface area contributed by atoms with E-state index in [0.717, 1.165) is 5.56 Å². The number of halogens is 3. The van der Waals surface area contributed by atoms with Gasteiger partial charge >= 0.3 is 0 Å². The number of nitrogens with zero attached hydrogens (tertiary/aromatic N) is 2. The molecule has 0 saturated carbocycles. The van der Waals surface area contributed by atoms with Crippen LogP contribution in [0.1, 0.15) is 21.7 Å². The van der Waals surface area contributed by atoms with Crippen molar-refractivity contribution in [3.8, 4) is 11.3 Å². The van der Waals surface area contributed by atoms with Crippen molar-refractivity contribution in [1.82, 2.24) is 10.1 Å². The van der Waals surface area contributed by atoms with Crippen LogP contribution in [0.2, 0.25) is 5.02 Å². The third-order valence-corrected chi connectivity index (χ3v) is 4.59. The zero-order chi connectivity index (χ0) is 19.6. The standard InChI is InChI=1S/C20H17ClF2N2O2/c1-12-17(19(24-27-12)18-15(21)4-3-5-16(18)23)20(26)25(2)11-10-13-6-8-14(22)9-7-13/h3-9H,10-11H2,1-2H3. The van der Waals surface area contributed by atoms with Crippen LogP contribution in [0.5, 0.6) is 0 Å². The number of aryl methyl sites for hydroxylation is 1. The number of carbonyl (C=O) groups is 1. The molecule has 3 rings (SSSR count). The van der Waals surface area contributed by atoms with Crippen molar-refractivity contribution < 1.29 is 18.1 Å². The van der Waals surface area contributed by atoms with Crippen LogP contribution in [0.25, 0.3) is 11.3 Å². The van der Waals surface area contributed by atoms with E-state index in [1.165, 1.54) is 35.2 Å². The van der Waals surface area contributed by atoms with Gasteiger partial charge in [-0.25, -0.2) is 8.78 Å². The molecular weight excluding hydrogens is 374 g/mol. The lowest BCUT2D eigenvalue weighted by atomic mass is 10.0. The molecule has 0 unspecified atom stereocenters. The second-order valence-corrected chi connectivity index (χ2v) is 6.57. The van der Waals surface area contributed by atoms with Gasteiger partial charge in [-0.1, -0.05) is 35.0 Å². The van der Waals surface area contributed by atoms with E-state index in [0.29, 0.717) is 13.0 Å². The fraction of sp³-hybridized carbons (Fsp3) is 0.200. The van der Waals surface area contributed by atoms with Gasteiger partial charge in [-0.2, -0.15) is 0 Å². The van der Waals surface area contributed by atoms with Crippen molar-refractivity contribution in [3.63, 3.8) is 0 Å². The van der Waals surface area contributed by atoms with E-state index in [-0.39, 0.29) is 39.3 Å². The number of aromatic nitrogens is 1. The van der Waals surface area contributed by atoms with Crippen LogP contribution in [0.4, 0.5) is 8.78 Å². The zero-order valence-electron chi connectivity index (χ0n) is 14.8. The largest absolute Gasteiger partial charge is 0.360 e. The van der Waals surface area contributed by atoms with Gasteiger partial charge in [0.1, 0.15) is 28.7 Å². The van der Waals surface area contributed by atoms with E-state index < -0.39 is 5.82 Å². The molecule has 0 atom stereocenters. The number of hydrogen-bond donors (Lipinski definition) is 0. The minimum absolute atomic E-state index is 0.0336. The summed E-state index contributed by atoms with van der Waals surface area (Å²) in [7, 11) is 1.63. The summed E-state index contributed by atoms with van der Waals surface area (Å²) in [5, 5.41) is 4.00. The van der Waals surface area contributed by atoms with E-state index in [2.05, 4.69) is 5.16 Å². The minimum atomic E-state index is -0.584. The molecule has 0 bridgehead atoms. The van der Waals surface area contributed by atoms with Crippen LogP contribution in [-0.2, 0) is 6.42 Å². The molecule has 0 N–H and O–H groups in total. The number of hydrogen-bond acceptors (Lipinski definition) is 3. The Bertz CT molecular complexity index is 950. The molecular formula is C20H17ClF2N2O2. The Kier molecular flexibility index (Phi) is 5.56. The van der Waals surface area contributed by atoms with Crippen molar-refractivity contribution in [3.05, 3.63) is 76.0 Å². The first kappa shape index (κ1) is 19.0. The van der Waals surface area contributed by atoms with Gasteiger partial charge in [0.25, 0.3) is 5.91 Å². The highest BCUT2D eigenvalue weighted by atomic mass is 35.5. The number of rotatable bonds is 5. The fourth-order valence-electron chi connectivity index (χ4n) is 2.76. The van der Waals surface area contributed by atoms with Gasteiger partial charge in [0.15, 0.2) is 0 Å². The molecule has 0 fully saturated rings. The summed E-state index contributed by atoms with van der Waals surface area (Å²) >= 11 is 6.11. The van der Waals surface area contributed by atoms with Crippen LogP contribution >= 0.6 is 11.6 Å². The summed E-state index contributed by atoms with van der Waals surface area (Å²) in [6.45, 7) is 1.98. The number of likely N-dealkylation sites (N-methyl/N-ethyl adjacent to an activating group) is 1. The Labute approximate surface area is 160 Å². The maximum absolute atomic E-state index is 14.3. The van der Waals surface area contributed by atoms with E-state index in [9.17, 15) is 13.6 Å². The number of amides is 1. The lowest BCUT2D eigenvalue weighted by Crippen LogP contribution is -2.29. The average molecular weight is 391 g/mol. The molecule has 4 nitrogen and oxygen atoms in total. The Morgan fingerprint density at radius 1 is 1.19 bits per heavy atom. The fourth-order valence-corrected chi connectivity index (χ4v) is 3.01. The Balaban J connectivity index is 1.84. The summed E-state index contributed by atoms with van der Waals surface area (Å²) in [6.07, 6.45) is 0.544. The molecule has 0 radical (unpaired) electrons. The van der Waals surface area contributed by atoms with Crippen molar-refractivity contribution >= 4 is 17.5 Å². The molecule has 0 aliphatic carbocycles. The normalized spacial score (nSPS) is 10.9. The molecule has 0 aliphatic rings. The molecule has 1 heterocycles. The average Bonchev–Trinajstić information content (AvgIpc) is 3.01. The quantitative estimate of drug-likeness (QED) is 0.622. The minimum Gasteiger partial charge on any atom is -0.360 e. The molecule has 1 amide bonds. The van der Waals surface area contributed by atoms with E-state index in [1.54, 1.807) is 26.1 Å². The van der Waals surface area contributed by atoms with Crippen molar-refractivity contribution in [2.45, 2.75) is 13.3 Å². The molecule has 1 aromatic heterocycles. The second kappa shape index (κ2) is 7.88. The zero-order valence-corrected chi connectivity index (χ0v) is 15.6. The van der Waals surface area contributed by atoms with Gasteiger partial charge in [0.05, 0.1) is 10.6 Å². The number of carbonyl (C=O) groups excluding carboxylic acids is 1. The topological polar surface area (TPSA) is 46.3 Å². The SMILES string of the molecule is Cc1onc(-c2c(F)cccc2Cl)c1C(=O)N(C)CCc1ccc(F)cc1. The van der Waals surface area contributed by atoms with Crippen LogP contribution in [0, 0.1) is 18.6 Å². The maximum atomic E-state index is 14.3. The predicted molar refractivity (Wildman–Crippen MR) is 98.7 cm³/mol. The third kappa shape index (κ3) is 4.01. The van der Waals surface area contributed by atoms with Crippen molar-refractivity contribution in [1.29, 1.82) is 0 Å². The summed E-state index contributed by atoms with van der Waals surface area (Å²) in [4.78, 5) is 14.4. The van der Waals surface area contributed by atoms with Gasteiger partial charge in [-0.15, -0.1) is 0 Å². The smallest absolute Gasteiger partial charge is 0.259 e. The Hall–Kier alpha value is -2.73. The molecule has 0 saturated heterocycles. The van der Waals surface area contributed by atoms with Gasteiger partial charge < -0.3 is 9.42 Å². The Morgan fingerprint density at radius 2 is 1.89 bits per heavy atom. The summed E-state index contributed by atoms with van der Waals surface area (Å²) in [5.74, 6) is -0.971. The monoisotopic (exact) mass is 390 g/mol. The molecule has 0 aliphatic heterocycles. The molecule has 0 spiro atoms. The van der Waals surface area contributed by atoms with Crippen LogP contribution in [0.3, 0.4) is 0 Å². The first-order valence-corrected chi connectivity index (χ1v) is 8.67. The van der Waals surface area contributed by atoms with E-state index in [4.69, 9.17) is 16.1 Å². The molecule has 3 aromatic rings. The van der Waals surface area contributed by atoms with Crippen LogP contribution < -0.4 is 0 Å². The second-order valence-electron chi connectivity index (χ2n) is 6.16. The molecule has 7 heteroatoms.